The van der Waals surface area contributed by atoms with E-state index in [-0.39, 0.29) is 11.4 Å². The van der Waals surface area contributed by atoms with Crippen molar-refractivity contribution in [3.63, 3.8) is 0 Å². The van der Waals surface area contributed by atoms with E-state index >= 15 is 0 Å². The van der Waals surface area contributed by atoms with Gasteiger partial charge in [-0.25, -0.2) is 0 Å². The molecular formula is C19H28N4O. The second kappa shape index (κ2) is 7.62. The number of nitrogens with zero attached hydrogens (tertiary/aromatic N) is 2. The van der Waals surface area contributed by atoms with Gasteiger partial charge in [0.05, 0.1) is 17.8 Å². The summed E-state index contributed by atoms with van der Waals surface area (Å²) < 4.78 is 1.97. The largest absolute Gasteiger partial charge is 0.345 e. The van der Waals surface area contributed by atoms with Crippen LogP contribution in [0.4, 0.5) is 0 Å². The molecule has 0 aliphatic carbocycles. The molecule has 0 fully saturated rings. The number of nitrogens with one attached hydrogen (secondary N) is 1. The summed E-state index contributed by atoms with van der Waals surface area (Å²) in [5.41, 5.74) is 9.46. The fourth-order valence-corrected chi connectivity index (χ4v) is 2.85. The number of rotatable bonds is 7. The van der Waals surface area contributed by atoms with Crippen molar-refractivity contribution in [3.05, 3.63) is 52.8 Å². The molecule has 0 bridgehead atoms. The molecule has 0 atom stereocenters. The maximum absolute atomic E-state index is 12.5. The zero-order valence-electron chi connectivity index (χ0n) is 15.1. The summed E-state index contributed by atoms with van der Waals surface area (Å²) in [6.07, 6.45) is 1.64. The van der Waals surface area contributed by atoms with E-state index in [0.29, 0.717) is 18.7 Å². The average molecular weight is 328 g/mol. The molecule has 1 amide bonds. The normalized spacial score (nSPS) is 11.5. The number of carbonyl (C=O) groups is 1. The van der Waals surface area contributed by atoms with E-state index in [4.69, 9.17) is 5.73 Å². The van der Waals surface area contributed by atoms with Gasteiger partial charge in [-0.3, -0.25) is 9.48 Å². The summed E-state index contributed by atoms with van der Waals surface area (Å²) in [5, 5.41) is 7.56. The topological polar surface area (TPSA) is 72.9 Å². The molecule has 0 unspecified atom stereocenters. The molecule has 0 saturated carbocycles. The first kappa shape index (κ1) is 18.2. The molecule has 3 N–H and O–H groups in total. The van der Waals surface area contributed by atoms with Crippen molar-refractivity contribution < 1.29 is 4.79 Å². The summed E-state index contributed by atoms with van der Waals surface area (Å²) in [4.78, 5) is 12.5. The van der Waals surface area contributed by atoms with Gasteiger partial charge in [-0.15, -0.1) is 0 Å². The Morgan fingerprint density at radius 3 is 2.29 bits per heavy atom. The first-order valence-corrected chi connectivity index (χ1v) is 8.55. The van der Waals surface area contributed by atoms with Crippen LogP contribution in [0, 0.1) is 13.8 Å². The van der Waals surface area contributed by atoms with Crippen molar-refractivity contribution in [2.45, 2.75) is 52.6 Å². The first-order valence-electron chi connectivity index (χ1n) is 8.55. The first-order chi connectivity index (χ1) is 11.4. The molecule has 0 radical (unpaired) electrons. The van der Waals surface area contributed by atoms with Gasteiger partial charge < -0.3 is 11.1 Å². The van der Waals surface area contributed by atoms with Crippen LogP contribution in [0.5, 0.6) is 0 Å². The van der Waals surface area contributed by atoms with Gasteiger partial charge in [0.25, 0.3) is 5.91 Å². The second-order valence-electron chi connectivity index (χ2n) is 6.43. The number of aryl methyl sites for hydroxylation is 2. The van der Waals surface area contributed by atoms with E-state index in [1.54, 1.807) is 0 Å². The highest BCUT2D eigenvalue weighted by Gasteiger charge is 2.26. The molecule has 2 aromatic rings. The Labute approximate surface area is 144 Å². The van der Waals surface area contributed by atoms with Gasteiger partial charge in [0.1, 0.15) is 0 Å². The zero-order chi connectivity index (χ0) is 17.7. The second-order valence-corrected chi connectivity index (χ2v) is 6.43. The SMILES string of the molecule is CCC(CC)(CN)NC(=O)c1ccc(Cn2nc(C)cc2C)cc1. The molecule has 0 aliphatic rings. The van der Waals surface area contributed by atoms with Gasteiger partial charge in [-0.05, 0) is 50.5 Å². The van der Waals surface area contributed by atoms with Gasteiger partial charge in [-0.1, -0.05) is 26.0 Å². The summed E-state index contributed by atoms with van der Waals surface area (Å²) >= 11 is 0. The standard InChI is InChI=1S/C19H28N4O/c1-5-19(6-2,13-20)21-18(24)17-9-7-16(8-10-17)12-23-15(4)11-14(3)22-23/h7-11H,5-6,12-13,20H2,1-4H3,(H,21,24). The van der Waals surface area contributed by atoms with Crippen LogP contribution in [0.3, 0.4) is 0 Å². The molecule has 130 valence electrons. The molecule has 0 spiro atoms. The molecule has 24 heavy (non-hydrogen) atoms. The summed E-state index contributed by atoms with van der Waals surface area (Å²) in [6, 6.07) is 9.75. The van der Waals surface area contributed by atoms with Crippen molar-refractivity contribution in [2.24, 2.45) is 5.73 Å². The lowest BCUT2D eigenvalue weighted by molar-refractivity contribution is 0.0895. The third-order valence-corrected chi connectivity index (χ3v) is 4.77. The predicted octanol–water partition coefficient (Wildman–Crippen LogP) is 2.80. The Balaban J connectivity index is 2.08. The van der Waals surface area contributed by atoms with Crippen LogP contribution in [0.1, 0.15) is 54.0 Å². The Morgan fingerprint density at radius 1 is 1.21 bits per heavy atom. The monoisotopic (exact) mass is 328 g/mol. The van der Waals surface area contributed by atoms with Crippen molar-refractivity contribution >= 4 is 5.91 Å². The number of benzene rings is 1. The summed E-state index contributed by atoms with van der Waals surface area (Å²) in [7, 11) is 0. The number of aromatic nitrogens is 2. The minimum atomic E-state index is -0.320. The van der Waals surface area contributed by atoms with Crippen molar-refractivity contribution in [3.8, 4) is 0 Å². The molecule has 2 rings (SSSR count). The third-order valence-electron chi connectivity index (χ3n) is 4.77. The van der Waals surface area contributed by atoms with Gasteiger partial charge in [-0.2, -0.15) is 5.10 Å². The maximum atomic E-state index is 12.5. The van der Waals surface area contributed by atoms with Crippen molar-refractivity contribution in [1.29, 1.82) is 0 Å². The minimum Gasteiger partial charge on any atom is -0.345 e. The van der Waals surface area contributed by atoms with Crippen LogP contribution in [0.15, 0.2) is 30.3 Å². The fourth-order valence-electron chi connectivity index (χ4n) is 2.85. The molecule has 1 aromatic heterocycles. The smallest absolute Gasteiger partial charge is 0.251 e. The number of hydrogen-bond acceptors (Lipinski definition) is 3. The Hall–Kier alpha value is -2.14. The molecule has 0 saturated heterocycles. The summed E-state index contributed by atoms with van der Waals surface area (Å²) in [6.45, 7) is 9.29. The number of nitrogens with two attached hydrogens (primary N) is 1. The Kier molecular flexibility index (Phi) is 5.78. The average Bonchev–Trinajstić information content (AvgIpc) is 2.90. The molecular weight excluding hydrogens is 300 g/mol. The molecule has 5 heteroatoms. The lowest BCUT2D eigenvalue weighted by Crippen LogP contribution is -2.52. The van der Waals surface area contributed by atoms with Crippen LogP contribution in [-0.2, 0) is 6.54 Å². The Morgan fingerprint density at radius 2 is 1.83 bits per heavy atom. The zero-order valence-corrected chi connectivity index (χ0v) is 15.1. The minimum absolute atomic E-state index is 0.0678. The van der Waals surface area contributed by atoms with Gasteiger partial charge in [0.15, 0.2) is 0 Å². The van der Waals surface area contributed by atoms with E-state index < -0.39 is 0 Å². The quantitative estimate of drug-likeness (QED) is 0.821. The van der Waals surface area contributed by atoms with Crippen molar-refractivity contribution in [1.82, 2.24) is 15.1 Å². The fraction of sp³-hybridized carbons (Fsp3) is 0.474. The molecule has 1 aromatic carbocycles. The Bertz CT molecular complexity index is 676. The lowest BCUT2D eigenvalue weighted by atomic mass is 9.92. The van der Waals surface area contributed by atoms with Gasteiger partial charge >= 0.3 is 0 Å². The third kappa shape index (κ3) is 4.03. The molecule has 1 heterocycles. The summed E-state index contributed by atoms with van der Waals surface area (Å²) in [5.74, 6) is -0.0678. The number of amides is 1. The number of hydrogen-bond donors (Lipinski definition) is 2. The van der Waals surface area contributed by atoms with Crippen LogP contribution in [-0.4, -0.2) is 27.8 Å². The van der Waals surface area contributed by atoms with Crippen LogP contribution >= 0.6 is 0 Å². The molecule has 5 nitrogen and oxygen atoms in total. The van der Waals surface area contributed by atoms with Gasteiger partial charge in [0, 0.05) is 17.8 Å². The van der Waals surface area contributed by atoms with E-state index in [2.05, 4.69) is 16.5 Å². The molecule has 0 aliphatic heterocycles. The van der Waals surface area contributed by atoms with Crippen LogP contribution < -0.4 is 11.1 Å². The highest BCUT2D eigenvalue weighted by molar-refractivity contribution is 5.94. The maximum Gasteiger partial charge on any atom is 0.251 e. The van der Waals surface area contributed by atoms with Crippen molar-refractivity contribution in [2.75, 3.05) is 6.54 Å². The van der Waals surface area contributed by atoms with E-state index in [9.17, 15) is 4.79 Å². The highest BCUT2D eigenvalue weighted by Crippen LogP contribution is 2.15. The highest BCUT2D eigenvalue weighted by atomic mass is 16.1. The van der Waals surface area contributed by atoms with Gasteiger partial charge in [0.2, 0.25) is 0 Å². The van der Waals surface area contributed by atoms with E-state index in [0.717, 1.165) is 29.8 Å². The van der Waals surface area contributed by atoms with Crippen LogP contribution in [0.2, 0.25) is 0 Å². The van der Waals surface area contributed by atoms with E-state index in [1.807, 2.05) is 56.6 Å². The number of carbonyl (C=O) groups excluding carboxylic acids is 1. The van der Waals surface area contributed by atoms with E-state index in [1.165, 1.54) is 0 Å². The van der Waals surface area contributed by atoms with Crippen LogP contribution in [0.25, 0.3) is 0 Å². The lowest BCUT2D eigenvalue weighted by Gasteiger charge is -2.31. The predicted molar refractivity (Wildman–Crippen MR) is 97.1 cm³/mol.